The van der Waals surface area contributed by atoms with Crippen molar-refractivity contribution in [2.45, 2.75) is 33.1 Å². The maximum Gasteiger partial charge on any atom is 0.371 e. The third-order valence-electron chi connectivity index (χ3n) is 4.14. The lowest BCUT2D eigenvalue weighted by Crippen LogP contribution is -2.41. The number of aromatic carboxylic acids is 1. The summed E-state index contributed by atoms with van der Waals surface area (Å²) >= 11 is 0. The minimum atomic E-state index is -1.16. The zero-order chi connectivity index (χ0) is 14.0. The highest BCUT2D eigenvalue weighted by Gasteiger charge is 2.31. The van der Waals surface area contributed by atoms with Crippen molar-refractivity contribution in [2.75, 3.05) is 13.1 Å². The molecule has 1 saturated heterocycles. The van der Waals surface area contributed by atoms with E-state index in [1.54, 1.807) is 4.90 Å². The van der Waals surface area contributed by atoms with Gasteiger partial charge in [0.2, 0.25) is 5.76 Å². The van der Waals surface area contributed by atoms with Crippen LogP contribution in [0.25, 0.3) is 0 Å². The molecular formula is C14H19NO4. The van der Waals surface area contributed by atoms with Crippen LogP contribution < -0.4 is 0 Å². The highest BCUT2D eigenvalue weighted by Crippen LogP contribution is 2.34. The number of nitrogens with zero attached hydrogens (tertiary/aromatic N) is 1. The molecule has 0 aromatic carbocycles. The number of carbonyl (C=O) groups excluding carboxylic acids is 1. The Morgan fingerprint density at radius 1 is 1.32 bits per heavy atom. The topological polar surface area (TPSA) is 70.8 Å². The molecule has 1 amide bonds. The van der Waals surface area contributed by atoms with Crippen LogP contribution in [-0.4, -0.2) is 35.0 Å². The van der Waals surface area contributed by atoms with Crippen molar-refractivity contribution in [3.05, 3.63) is 23.7 Å². The van der Waals surface area contributed by atoms with Crippen LogP contribution in [0.1, 0.15) is 54.2 Å². The molecule has 0 unspecified atom stereocenters. The Hall–Kier alpha value is -1.78. The summed E-state index contributed by atoms with van der Waals surface area (Å²) in [6.07, 6.45) is 3.06. The number of likely N-dealkylation sites (tertiary alicyclic amines) is 1. The molecule has 1 aliphatic heterocycles. The van der Waals surface area contributed by atoms with E-state index in [-0.39, 0.29) is 17.4 Å². The molecule has 0 bridgehead atoms. The molecule has 2 heterocycles. The van der Waals surface area contributed by atoms with Crippen molar-refractivity contribution in [1.82, 2.24) is 4.90 Å². The quantitative estimate of drug-likeness (QED) is 0.912. The molecule has 5 heteroatoms. The van der Waals surface area contributed by atoms with Gasteiger partial charge in [-0.3, -0.25) is 4.79 Å². The van der Waals surface area contributed by atoms with Crippen LogP contribution in [0.4, 0.5) is 0 Å². The van der Waals surface area contributed by atoms with Crippen molar-refractivity contribution >= 4 is 11.9 Å². The van der Waals surface area contributed by atoms with Gasteiger partial charge in [-0.15, -0.1) is 0 Å². The summed E-state index contributed by atoms with van der Waals surface area (Å²) in [5.74, 6) is -1.46. The highest BCUT2D eigenvalue weighted by atomic mass is 16.4. The van der Waals surface area contributed by atoms with Crippen LogP contribution in [-0.2, 0) is 0 Å². The molecule has 1 fully saturated rings. The average Bonchev–Trinajstić information content (AvgIpc) is 2.88. The van der Waals surface area contributed by atoms with Crippen LogP contribution in [0, 0.1) is 5.41 Å². The van der Waals surface area contributed by atoms with Gasteiger partial charge in [-0.05, 0) is 30.4 Å². The minimum absolute atomic E-state index is 0.109. The first-order valence-corrected chi connectivity index (χ1v) is 6.57. The Bertz CT molecular complexity index is 483. The first-order valence-electron chi connectivity index (χ1n) is 6.57. The van der Waals surface area contributed by atoms with Crippen LogP contribution in [0.5, 0.6) is 0 Å². The van der Waals surface area contributed by atoms with Crippen LogP contribution in [0.3, 0.4) is 0 Å². The maximum absolute atomic E-state index is 12.2. The number of piperidine rings is 1. The van der Waals surface area contributed by atoms with Gasteiger partial charge in [-0.1, -0.05) is 20.3 Å². The van der Waals surface area contributed by atoms with E-state index in [0.29, 0.717) is 18.5 Å². The van der Waals surface area contributed by atoms with E-state index in [1.165, 1.54) is 12.1 Å². The Morgan fingerprint density at radius 3 is 2.37 bits per heavy atom. The predicted octanol–water partition coefficient (Wildman–Crippen LogP) is 2.63. The second kappa shape index (κ2) is 5.07. The van der Waals surface area contributed by atoms with Crippen molar-refractivity contribution in [3.63, 3.8) is 0 Å². The Kier molecular flexibility index (Phi) is 3.64. The first-order chi connectivity index (χ1) is 8.95. The van der Waals surface area contributed by atoms with Gasteiger partial charge in [-0.2, -0.15) is 0 Å². The second-order valence-corrected chi connectivity index (χ2v) is 5.43. The molecule has 104 valence electrons. The van der Waals surface area contributed by atoms with Gasteiger partial charge in [0.05, 0.1) is 0 Å². The summed E-state index contributed by atoms with van der Waals surface area (Å²) in [5.41, 5.74) is 0.312. The first kappa shape index (κ1) is 13.6. The number of carbonyl (C=O) groups is 2. The summed E-state index contributed by atoms with van der Waals surface area (Å²) in [6.45, 7) is 5.81. The summed E-state index contributed by atoms with van der Waals surface area (Å²) < 4.78 is 5.05. The minimum Gasteiger partial charge on any atom is -0.475 e. The van der Waals surface area contributed by atoms with Crippen molar-refractivity contribution in [3.8, 4) is 0 Å². The number of furan rings is 1. The van der Waals surface area contributed by atoms with Gasteiger partial charge in [0, 0.05) is 13.1 Å². The molecule has 0 atom stereocenters. The molecule has 1 aliphatic rings. The molecule has 5 nitrogen and oxygen atoms in total. The average molecular weight is 265 g/mol. The van der Waals surface area contributed by atoms with Crippen molar-refractivity contribution in [1.29, 1.82) is 0 Å². The summed E-state index contributed by atoms with van der Waals surface area (Å²) in [5, 5.41) is 8.77. The number of amides is 1. The maximum atomic E-state index is 12.2. The molecule has 0 saturated carbocycles. The van der Waals surface area contributed by atoms with Gasteiger partial charge in [0.15, 0.2) is 5.76 Å². The van der Waals surface area contributed by atoms with E-state index in [2.05, 4.69) is 13.8 Å². The standard InChI is InChI=1S/C14H19NO4/c1-3-14(2)6-8-15(9-7-14)12(16)10-4-5-11(19-10)13(17)18/h4-5H,3,6-9H2,1-2H3,(H,17,18). The molecule has 1 aromatic heterocycles. The number of hydrogen-bond donors (Lipinski definition) is 1. The molecule has 19 heavy (non-hydrogen) atoms. The van der Waals surface area contributed by atoms with Gasteiger partial charge in [-0.25, -0.2) is 4.79 Å². The number of carboxylic acid groups (broad SMARTS) is 1. The normalized spacial score (nSPS) is 18.3. The lowest BCUT2D eigenvalue weighted by atomic mass is 9.78. The summed E-state index contributed by atoms with van der Waals surface area (Å²) in [7, 11) is 0. The third-order valence-corrected chi connectivity index (χ3v) is 4.14. The summed E-state index contributed by atoms with van der Waals surface area (Å²) in [6, 6.07) is 2.75. The second-order valence-electron chi connectivity index (χ2n) is 5.43. The van der Waals surface area contributed by atoms with E-state index in [4.69, 9.17) is 9.52 Å². The summed E-state index contributed by atoms with van der Waals surface area (Å²) in [4.78, 5) is 24.6. The zero-order valence-electron chi connectivity index (χ0n) is 11.3. The fraction of sp³-hybridized carbons (Fsp3) is 0.571. The Labute approximate surface area is 112 Å². The van der Waals surface area contributed by atoms with Crippen LogP contribution in [0.15, 0.2) is 16.5 Å². The zero-order valence-corrected chi connectivity index (χ0v) is 11.3. The smallest absolute Gasteiger partial charge is 0.371 e. The fourth-order valence-corrected chi connectivity index (χ4v) is 2.33. The predicted molar refractivity (Wildman–Crippen MR) is 69.2 cm³/mol. The van der Waals surface area contributed by atoms with Gasteiger partial charge < -0.3 is 14.4 Å². The lowest BCUT2D eigenvalue weighted by molar-refractivity contribution is 0.0561. The van der Waals surface area contributed by atoms with Crippen LogP contribution >= 0.6 is 0 Å². The van der Waals surface area contributed by atoms with Crippen LogP contribution in [0.2, 0.25) is 0 Å². The van der Waals surface area contributed by atoms with E-state index in [9.17, 15) is 9.59 Å². The molecule has 0 spiro atoms. The van der Waals surface area contributed by atoms with Crippen molar-refractivity contribution in [2.24, 2.45) is 5.41 Å². The lowest BCUT2D eigenvalue weighted by Gasteiger charge is -2.38. The molecule has 1 N–H and O–H groups in total. The number of carboxylic acids is 1. The van der Waals surface area contributed by atoms with E-state index in [1.807, 2.05) is 0 Å². The number of rotatable bonds is 3. The third kappa shape index (κ3) is 2.80. The van der Waals surface area contributed by atoms with E-state index < -0.39 is 5.97 Å². The molecule has 1 aromatic rings. The fourth-order valence-electron chi connectivity index (χ4n) is 2.33. The van der Waals surface area contributed by atoms with E-state index in [0.717, 1.165) is 19.3 Å². The molecular weight excluding hydrogens is 246 g/mol. The van der Waals surface area contributed by atoms with Gasteiger partial charge in [0.1, 0.15) is 0 Å². The number of hydrogen-bond acceptors (Lipinski definition) is 3. The van der Waals surface area contributed by atoms with E-state index >= 15 is 0 Å². The molecule has 0 aliphatic carbocycles. The SMILES string of the molecule is CCC1(C)CCN(C(=O)c2ccc(C(=O)O)o2)CC1. The molecule has 0 radical (unpaired) electrons. The highest BCUT2D eigenvalue weighted by molar-refractivity contribution is 5.93. The largest absolute Gasteiger partial charge is 0.475 e. The Morgan fingerprint density at radius 2 is 1.89 bits per heavy atom. The monoisotopic (exact) mass is 265 g/mol. The Balaban J connectivity index is 2.03. The molecule has 2 rings (SSSR count). The van der Waals surface area contributed by atoms with Gasteiger partial charge >= 0.3 is 5.97 Å². The van der Waals surface area contributed by atoms with Crippen molar-refractivity contribution < 1.29 is 19.1 Å². The van der Waals surface area contributed by atoms with Gasteiger partial charge in [0.25, 0.3) is 5.91 Å².